The van der Waals surface area contributed by atoms with Crippen LogP contribution >= 0.6 is 0 Å². The molecule has 0 saturated carbocycles. The van der Waals surface area contributed by atoms with Gasteiger partial charge in [-0.15, -0.1) is 0 Å². The molecule has 0 atom stereocenters. The van der Waals surface area contributed by atoms with Gasteiger partial charge in [-0.05, 0) is 12.8 Å². The van der Waals surface area contributed by atoms with Gasteiger partial charge in [0.1, 0.15) is 17.5 Å². The highest BCUT2D eigenvalue weighted by Gasteiger charge is 2.18. The molecule has 7 heteroatoms. The van der Waals surface area contributed by atoms with Crippen molar-refractivity contribution in [2.24, 2.45) is 5.84 Å². The van der Waals surface area contributed by atoms with E-state index in [-0.39, 0.29) is 5.91 Å². The zero-order chi connectivity index (χ0) is 15.2. The number of rotatable bonds is 4. The van der Waals surface area contributed by atoms with E-state index < -0.39 is 0 Å². The van der Waals surface area contributed by atoms with E-state index in [0.717, 1.165) is 57.1 Å². The molecule has 1 amide bonds. The first kappa shape index (κ1) is 15.5. The van der Waals surface area contributed by atoms with Crippen LogP contribution in [0.2, 0.25) is 0 Å². The van der Waals surface area contributed by atoms with Gasteiger partial charge in [-0.1, -0.05) is 6.92 Å². The summed E-state index contributed by atoms with van der Waals surface area (Å²) >= 11 is 0. The minimum Gasteiger partial charge on any atom is -0.355 e. The maximum atomic E-state index is 11.5. The Labute approximate surface area is 125 Å². The van der Waals surface area contributed by atoms with E-state index in [2.05, 4.69) is 27.2 Å². The van der Waals surface area contributed by atoms with Gasteiger partial charge >= 0.3 is 0 Å². The molecule has 0 radical (unpaired) electrons. The number of anilines is 2. The lowest BCUT2D eigenvalue weighted by atomic mass is 10.3. The van der Waals surface area contributed by atoms with Crippen LogP contribution in [0.25, 0.3) is 0 Å². The molecule has 0 aromatic carbocycles. The van der Waals surface area contributed by atoms with E-state index in [1.54, 1.807) is 6.92 Å². The Morgan fingerprint density at radius 3 is 2.81 bits per heavy atom. The van der Waals surface area contributed by atoms with Crippen molar-refractivity contribution in [3.63, 3.8) is 0 Å². The van der Waals surface area contributed by atoms with Crippen LogP contribution in [0.15, 0.2) is 6.07 Å². The normalized spacial score (nSPS) is 15.8. The van der Waals surface area contributed by atoms with Gasteiger partial charge in [-0.2, -0.15) is 0 Å². The van der Waals surface area contributed by atoms with Crippen molar-refractivity contribution in [1.82, 2.24) is 14.9 Å². The number of nitrogens with two attached hydrogens (primary N) is 1. The number of nitrogens with one attached hydrogen (secondary N) is 1. The fourth-order valence-corrected chi connectivity index (χ4v) is 2.52. The van der Waals surface area contributed by atoms with Gasteiger partial charge in [0.2, 0.25) is 5.91 Å². The number of aryl methyl sites for hydroxylation is 1. The summed E-state index contributed by atoms with van der Waals surface area (Å²) in [5.74, 6) is 7.95. The number of nitrogens with zero attached hydrogens (tertiary/aromatic N) is 4. The molecule has 0 aliphatic carbocycles. The number of carbonyl (C=O) groups is 1. The van der Waals surface area contributed by atoms with Crippen molar-refractivity contribution < 1.29 is 4.79 Å². The fourth-order valence-electron chi connectivity index (χ4n) is 2.52. The van der Waals surface area contributed by atoms with Gasteiger partial charge in [-0.3, -0.25) is 4.79 Å². The molecule has 1 aliphatic rings. The van der Waals surface area contributed by atoms with Crippen LogP contribution in [-0.2, 0) is 11.2 Å². The molecule has 1 aromatic heterocycles. The first-order chi connectivity index (χ1) is 10.1. The lowest BCUT2D eigenvalue weighted by Crippen LogP contribution is -2.34. The van der Waals surface area contributed by atoms with E-state index in [1.165, 1.54) is 0 Å². The lowest BCUT2D eigenvalue weighted by Gasteiger charge is -2.23. The summed E-state index contributed by atoms with van der Waals surface area (Å²) < 4.78 is 0. The van der Waals surface area contributed by atoms with Gasteiger partial charge in [0, 0.05) is 45.6 Å². The fraction of sp³-hybridized carbons (Fsp3) is 0.643. The zero-order valence-corrected chi connectivity index (χ0v) is 12.8. The lowest BCUT2D eigenvalue weighted by molar-refractivity contribution is -0.128. The maximum Gasteiger partial charge on any atom is 0.219 e. The highest BCUT2D eigenvalue weighted by atomic mass is 16.2. The number of aromatic nitrogens is 2. The van der Waals surface area contributed by atoms with Gasteiger partial charge in [-0.25, -0.2) is 15.8 Å². The van der Waals surface area contributed by atoms with Crippen LogP contribution in [-0.4, -0.2) is 47.0 Å². The highest BCUT2D eigenvalue weighted by Crippen LogP contribution is 2.18. The van der Waals surface area contributed by atoms with E-state index in [4.69, 9.17) is 5.84 Å². The molecule has 0 unspecified atom stereocenters. The second-order valence-corrected chi connectivity index (χ2v) is 5.27. The van der Waals surface area contributed by atoms with E-state index in [1.807, 2.05) is 11.0 Å². The Hall–Kier alpha value is -1.89. The Bertz CT molecular complexity index is 492. The number of carbonyl (C=O) groups excluding carboxylic acids is 1. The largest absolute Gasteiger partial charge is 0.355 e. The third-order valence-corrected chi connectivity index (χ3v) is 3.65. The van der Waals surface area contributed by atoms with E-state index in [9.17, 15) is 4.79 Å². The first-order valence-corrected chi connectivity index (χ1v) is 7.49. The minimum absolute atomic E-state index is 0.135. The predicted octanol–water partition coefficient (Wildman–Crippen LogP) is 0.773. The highest BCUT2D eigenvalue weighted by molar-refractivity contribution is 5.73. The van der Waals surface area contributed by atoms with Crippen molar-refractivity contribution in [3.8, 4) is 0 Å². The monoisotopic (exact) mass is 292 g/mol. The summed E-state index contributed by atoms with van der Waals surface area (Å²) in [5.41, 5.74) is 2.61. The second kappa shape index (κ2) is 7.21. The van der Waals surface area contributed by atoms with Crippen molar-refractivity contribution >= 4 is 17.5 Å². The molecule has 1 saturated heterocycles. The van der Waals surface area contributed by atoms with Crippen molar-refractivity contribution in [2.75, 3.05) is 36.5 Å². The summed E-state index contributed by atoms with van der Waals surface area (Å²) in [5, 5.41) is 0. The summed E-state index contributed by atoms with van der Waals surface area (Å²) in [7, 11) is 0. The average Bonchev–Trinajstić information content (AvgIpc) is 2.73. The van der Waals surface area contributed by atoms with Gasteiger partial charge in [0.25, 0.3) is 0 Å². The molecular weight excluding hydrogens is 268 g/mol. The van der Waals surface area contributed by atoms with Crippen LogP contribution in [0.1, 0.15) is 32.5 Å². The molecule has 1 aliphatic heterocycles. The Balaban J connectivity index is 2.16. The molecular formula is C14H24N6O. The zero-order valence-electron chi connectivity index (χ0n) is 12.8. The number of hydrogen-bond donors (Lipinski definition) is 2. The third-order valence-electron chi connectivity index (χ3n) is 3.65. The molecule has 116 valence electrons. The van der Waals surface area contributed by atoms with Crippen LogP contribution in [0.3, 0.4) is 0 Å². The van der Waals surface area contributed by atoms with Gasteiger partial charge < -0.3 is 15.2 Å². The van der Waals surface area contributed by atoms with Crippen LogP contribution in [0, 0.1) is 0 Å². The van der Waals surface area contributed by atoms with E-state index >= 15 is 0 Å². The summed E-state index contributed by atoms with van der Waals surface area (Å²) in [4.78, 5) is 24.6. The quantitative estimate of drug-likeness (QED) is 0.630. The molecule has 0 bridgehead atoms. The standard InChI is InChI=1S/C14H24N6O/c1-3-5-12-16-13(18-15)10-14(17-12)20-7-4-6-19(8-9-20)11(2)21/h10H,3-9,15H2,1-2H3,(H,16,17,18). The number of amides is 1. The Morgan fingerprint density at radius 1 is 1.33 bits per heavy atom. The molecule has 1 fully saturated rings. The van der Waals surface area contributed by atoms with Crippen molar-refractivity contribution in [1.29, 1.82) is 0 Å². The summed E-state index contributed by atoms with van der Waals surface area (Å²) in [6, 6.07) is 1.86. The predicted molar refractivity (Wildman–Crippen MR) is 82.9 cm³/mol. The second-order valence-electron chi connectivity index (χ2n) is 5.27. The smallest absolute Gasteiger partial charge is 0.219 e. The SMILES string of the molecule is CCCc1nc(NN)cc(N2CCCN(C(C)=O)CC2)n1. The van der Waals surface area contributed by atoms with E-state index in [0.29, 0.717) is 5.82 Å². The summed E-state index contributed by atoms with van der Waals surface area (Å²) in [6.07, 6.45) is 2.76. The molecule has 2 rings (SSSR count). The van der Waals surface area contributed by atoms with Gasteiger partial charge in [0.05, 0.1) is 0 Å². The Kier molecular flexibility index (Phi) is 5.32. The molecule has 2 heterocycles. The molecule has 3 N–H and O–H groups in total. The minimum atomic E-state index is 0.135. The topological polar surface area (TPSA) is 87.4 Å². The van der Waals surface area contributed by atoms with Crippen LogP contribution < -0.4 is 16.2 Å². The Morgan fingerprint density at radius 2 is 2.14 bits per heavy atom. The third kappa shape index (κ3) is 4.04. The molecule has 1 aromatic rings. The first-order valence-electron chi connectivity index (χ1n) is 7.49. The van der Waals surface area contributed by atoms with Crippen molar-refractivity contribution in [3.05, 3.63) is 11.9 Å². The average molecular weight is 292 g/mol. The number of nitrogen functional groups attached to an aromatic ring is 1. The number of hydrogen-bond acceptors (Lipinski definition) is 6. The van der Waals surface area contributed by atoms with Gasteiger partial charge in [0.15, 0.2) is 0 Å². The van der Waals surface area contributed by atoms with Crippen LogP contribution in [0.4, 0.5) is 11.6 Å². The van der Waals surface area contributed by atoms with Crippen LogP contribution in [0.5, 0.6) is 0 Å². The molecule has 0 spiro atoms. The summed E-state index contributed by atoms with van der Waals surface area (Å²) in [6.45, 7) is 6.93. The number of hydrazine groups is 1. The molecule has 21 heavy (non-hydrogen) atoms. The molecule has 7 nitrogen and oxygen atoms in total. The maximum absolute atomic E-state index is 11.5. The van der Waals surface area contributed by atoms with Crippen molar-refractivity contribution in [2.45, 2.75) is 33.1 Å².